The summed E-state index contributed by atoms with van der Waals surface area (Å²) in [5.41, 5.74) is 6.08. The molecular formula is C11H17IN4. The number of hydrogen-bond acceptors (Lipinski definition) is 2. The van der Waals surface area contributed by atoms with Gasteiger partial charge in [0, 0.05) is 6.20 Å². The Labute approximate surface area is 113 Å². The van der Waals surface area contributed by atoms with Crippen LogP contribution in [-0.4, -0.2) is 17.0 Å². The monoisotopic (exact) mass is 332 g/mol. The zero-order valence-electron chi connectivity index (χ0n) is 9.47. The highest BCUT2D eigenvalue weighted by atomic mass is 127. The summed E-state index contributed by atoms with van der Waals surface area (Å²) in [6.07, 6.45) is 2.83. The fraction of sp³-hybridized carbons (Fsp3) is 0.455. The molecule has 88 valence electrons. The van der Waals surface area contributed by atoms with Gasteiger partial charge in [0.25, 0.3) is 0 Å². The Hall–Kier alpha value is -0.850. The minimum atomic E-state index is 0. The third-order valence-corrected chi connectivity index (χ3v) is 2.68. The average Bonchev–Trinajstić information content (AvgIpc) is 2.74. The molecular weight excluding hydrogens is 315 g/mol. The Kier molecular flexibility index (Phi) is 4.12. The fourth-order valence-electron chi connectivity index (χ4n) is 1.43. The van der Waals surface area contributed by atoms with Gasteiger partial charge < -0.3 is 11.1 Å². The molecule has 0 bridgehead atoms. The van der Waals surface area contributed by atoms with Crippen molar-refractivity contribution in [2.24, 2.45) is 16.1 Å². The van der Waals surface area contributed by atoms with E-state index in [0.29, 0.717) is 17.4 Å². The van der Waals surface area contributed by atoms with Crippen molar-refractivity contribution in [2.45, 2.75) is 26.3 Å². The van der Waals surface area contributed by atoms with Gasteiger partial charge in [0.2, 0.25) is 0 Å². The van der Waals surface area contributed by atoms with Gasteiger partial charge in [0.15, 0.2) is 5.96 Å². The van der Waals surface area contributed by atoms with Gasteiger partial charge >= 0.3 is 0 Å². The maximum Gasteiger partial charge on any atom is 0.194 e. The average molecular weight is 332 g/mol. The molecule has 3 N–H and O–H groups in total. The Bertz CT molecular complexity index is 375. The third kappa shape index (κ3) is 3.33. The Balaban J connectivity index is 0.00000128. The Morgan fingerprint density at radius 2 is 2.25 bits per heavy atom. The van der Waals surface area contributed by atoms with Crippen LogP contribution < -0.4 is 11.1 Å². The number of pyridine rings is 1. The number of halogens is 1. The summed E-state index contributed by atoms with van der Waals surface area (Å²) < 4.78 is 0. The summed E-state index contributed by atoms with van der Waals surface area (Å²) in [4.78, 5) is 8.49. The molecule has 0 aliphatic heterocycles. The maximum atomic E-state index is 5.77. The van der Waals surface area contributed by atoms with Crippen LogP contribution in [-0.2, 0) is 0 Å². The third-order valence-electron chi connectivity index (χ3n) is 2.68. The van der Waals surface area contributed by atoms with Crippen LogP contribution in [0, 0.1) is 5.41 Å². The highest BCUT2D eigenvalue weighted by Gasteiger charge is 2.45. The van der Waals surface area contributed by atoms with Crippen molar-refractivity contribution in [3.8, 4) is 0 Å². The first-order valence-electron chi connectivity index (χ1n) is 5.09. The van der Waals surface area contributed by atoms with Crippen LogP contribution in [0.4, 0.5) is 5.82 Å². The number of guanidine groups is 1. The molecule has 1 fully saturated rings. The van der Waals surface area contributed by atoms with Crippen LogP contribution in [0.1, 0.15) is 20.3 Å². The molecule has 2 rings (SSSR count). The summed E-state index contributed by atoms with van der Waals surface area (Å²) in [6, 6.07) is 5.99. The molecule has 0 aromatic carbocycles. The molecule has 1 unspecified atom stereocenters. The van der Waals surface area contributed by atoms with E-state index in [1.807, 2.05) is 18.2 Å². The van der Waals surface area contributed by atoms with Crippen LogP contribution in [0.25, 0.3) is 0 Å². The van der Waals surface area contributed by atoms with Gasteiger partial charge in [-0.2, -0.15) is 0 Å². The molecule has 4 nitrogen and oxygen atoms in total. The van der Waals surface area contributed by atoms with E-state index in [-0.39, 0.29) is 24.0 Å². The summed E-state index contributed by atoms with van der Waals surface area (Å²) in [6.45, 7) is 4.38. The molecule has 16 heavy (non-hydrogen) atoms. The molecule has 5 heteroatoms. The number of anilines is 1. The Morgan fingerprint density at radius 3 is 2.75 bits per heavy atom. The van der Waals surface area contributed by atoms with Crippen molar-refractivity contribution in [2.75, 3.05) is 5.32 Å². The standard InChI is InChI=1S/C11H16N4.HI/c1-11(2)7-8(11)14-10(12)15-9-5-3-4-6-13-9;/h3-6,8H,7H2,1-2H3,(H3,12,13,14,15);1H. The van der Waals surface area contributed by atoms with Crippen LogP contribution in [0.15, 0.2) is 29.4 Å². The minimum absolute atomic E-state index is 0. The first kappa shape index (κ1) is 13.2. The van der Waals surface area contributed by atoms with Gasteiger partial charge in [0.1, 0.15) is 5.82 Å². The second kappa shape index (κ2) is 4.99. The molecule has 1 aromatic rings. The summed E-state index contributed by atoms with van der Waals surface area (Å²) in [5, 5.41) is 2.97. The minimum Gasteiger partial charge on any atom is -0.370 e. The smallest absolute Gasteiger partial charge is 0.194 e. The van der Waals surface area contributed by atoms with E-state index in [1.54, 1.807) is 6.20 Å². The van der Waals surface area contributed by atoms with Crippen LogP contribution in [0.2, 0.25) is 0 Å². The zero-order chi connectivity index (χ0) is 10.9. The van der Waals surface area contributed by atoms with Crippen LogP contribution in [0.5, 0.6) is 0 Å². The number of hydrogen-bond donors (Lipinski definition) is 2. The van der Waals surface area contributed by atoms with Crippen molar-refractivity contribution in [1.29, 1.82) is 0 Å². The van der Waals surface area contributed by atoms with E-state index in [1.165, 1.54) is 0 Å². The van der Waals surface area contributed by atoms with Crippen molar-refractivity contribution < 1.29 is 0 Å². The van der Waals surface area contributed by atoms with E-state index < -0.39 is 0 Å². The predicted molar refractivity (Wildman–Crippen MR) is 77.1 cm³/mol. The van der Waals surface area contributed by atoms with E-state index in [0.717, 1.165) is 12.2 Å². The molecule has 1 heterocycles. The fourth-order valence-corrected chi connectivity index (χ4v) is 1.43. The molecule has 1 aliphatic carbocycles. The second-order valence-corrected chi connectivity index (χ2v) is 4.56. The Morgan fingerprint density at radius 1 is 1.56 bits per heavy atom. The highest BCUT2D eigenvalue weighted by Crippen LogP contribution is 2.47. The number of aromatic nitrogens is 1. The van der Waals surface area contributed by atoms with Gasteiger partial charge in [-0.25, -0.2) is 9.98 Å². The highest BCUT2D eigenvalue weighted by molar-refractivity contribution is 14.0. The first-order chi connectivity index (χ1) is 7.08. The largest absolute Gasteiger partial charge is 0.370 e. The van der Waals surface area contributed by atoms with Crippen molar-refractivity contribution in [3.63, 3.8) is 0 Å². The van der Waals surface area contributed by atoms with Crippen molar-refractivity contribution in [1.82, 2.24) is 4.98 Å². The van der Waals surface area contributed by atoms with Gasteiger partial charge in [-0.3, -0.25) is 0 Å². The molecule has 1 aliphatic rings. The lowest BCUT2D eigenvalue weighted by atomic mass is 10.2. The first-order valence-corrected chi connectivity index (χ1v) is 5.09. The number of nitrogens with zero attached hydrogens (tertiary/aromatic N) is 2. The van der Waals surface area contributed by atoms with E-state index in [4.69, 9.17) is 5.73 Å². The lowest BCUT2D eigenvalue weighted by Gasteiger charge is -2.04. The normalized spacial score (nSPS) is 22.1. The van der Waals surface area contributed by atoms with Crippen molar-refractivity contribution in [3.05, 3.63) is 24.4 Å². The lowest BCUT2D eigenvalue weighted by molar-refractivity contribution is 0.618. The van der Waals surface area contributed by atoms with Gasteiger partial charge in [-0.05, 0) is 24.0 Å². The second-order valence-electron chi connectivity index (χ2n) is 4.56. The molecule has 0 saturated heterocycles. The number of nitrogens with two attached hydrogens (primary N) is 1. The topological polar surface area (TPSA) is 63.3 Å². The molecule has 1 aromatic heterocycles. The zero-order valence-corrected chi connectivity index (χ0v) is 11.8. The molecule has 1 atom stereocenters. The van der Waals surface area contributed by atoms with Gasteiger partial charge in [-0.15, -0.1) is 24.0 Å². The van der Waals surface area contributed by atoms with Crippen molar-refractivity contribution >= 4 is 35.8 Å². The SMILES string of the molecule is CC1(C)CC1N=C(N)Nc1ccccn1.I. The molecule has 0 spiro atoms. The molecule has 0 radical (unpaired) electrons. The number of aliphatic imine (C=N–C) groups is 1. The summed E-state index contributed by atoms with van der Waals surface area (Å²) in [5.74, 6) is 1.18. The summed E-state index contributed by atoms with van der Waals surface area (Å²) in [7, 11) is 0. The summed E-state index contributed by atoms with van der Waals surface area (Å²) >= 11 is 0. The number of nitrogens with one attached hydrogen (secondary N) is 1. The van der Waals surface area contributed by atoms with Gasteiger partial charge in [-0.1, -0.05) is 19.9 Å². The van der Waals surface area contributed by atoms with Crippen LogP contribution in [0.3, 0.4) is 0 Å². The van der Waals surface area contributed by atoms with E-state index >= 15 is 0 Å². The van der Waals surface area contributed by atoms with Crippen LogP contribution >= 0.6 is 24.0 Å². The molecule has 1 saturated carbocycles. The van der Waals surface area contributed by atoms with E-state index in [9.17, 15) is 0 Å². The quantitative estimate of drug-likeness (QED) is 0.496. The lowest BCUT2D eigenvalue weighted by Crippen LogP contribution is -2.24. The predicted octanol–water partition coefficient (Wildman–Crippen LogP) is 2.22. The van der Waals surface area contributed by atoms with Gasteiger partial charge in [0.05, 0.1) is 6.04 Å². The maximum absolute atomic E-state index is 5.77. The number of rotatable bonds is 2. The molecule has 0 amide bonds. The van der Waals surface area contributed by atoms with E-state index in [2.05, 4.69) is 29.1 Å².